The Balaban J connectivity index is 2.77. The standard InChI is InChI=1S/C11H14FNO2S/c1-3-15-10-5-4-8(6-9(10)12)7-13(2)11(14)16/h4-6H,3,7H2,1-2H3,(H,14,16). The first-order valence-electron chi connectivity index (χ1n) is 4.90. The van der Waals surface area contributed by atoms with Gasteiger partial charge in [-0.1, -0.05) is 18.7 Å². The van der Waals surface area contributed by atoms with Gasteiger partial charge in [0.05, 0.1) is 6.61 Å². The van der Waals surface area contributed by atoms with Crippen LogP contribution in [0.2, 0.25) is 0 Å². The summed E-state index contributed by atoms with van der Waals surface area (Å²) in [6, 6.07) is 4.64. The third kappa shape index (κ3) is 3.41. The Morgan fingerprint density at radius 1 is 1.56 bits per heavy atom. The fourth-order valence-corrected chi connectivity index (χ4v) is 1.33. The highest BCUT2D eigenvalue weighted by atomic mass is 32.1. The van der Waals surface area contributed by atoms with E-state index in [0.717, 1.165) is 0 Å². The SMILES string of the molecule is CCOc1ccc(CN(C)C(=O)S)cc1F. The van der Waals surface area contributed by atoms with Crippen molar-refractivity contribution in [3.05, 3.63) is 29.6 Å². The van der Waals surface area contributed by atoms with Crippen LogP contribution in [0, 0.1) is 5.82 Å². The second-order valence-electron chi connectivity index (χ2n) is 3.34. The van der Waals surface area contributed by atoms with E-state index in [1.807, 2.05) is 0 Å². The quantitative estimate of drug-likeness (QED) is 0.824. The number of hydrogen-bond donors (Lipinski definition) is 1. The molecule has 0 radical (unpaired) electrons. The van der Waals surface area contributed by atoms with Crippen LogP contribution in [0.1, 0.15) is 12.5 Å². The Morgan fingerprint density at radius 2 is 2.25 bits per heavy atom. The molecule has 0 bridgehead atoms. The van der Waals surface area contributed by atoms with E-state index in [1.165, 1.54) is 11.0 Å². The van der Waals surface area contributed by atoms with Crippen LogP contribution in [0.15, 0.2) is 18.2 Å². The molecule has 3 nitrogen and oxygen atoms in total. The lowest BCUT2D eigenvalue weighted by molar-refractivity contribution is 0.232. The van der Waals surface area contributed by atoms with Crippen LogP contribution in [-0.4, -0.2) is 23.8 Å². The van der Waals surface area contributed by atoms with Gasteiger partial charge in [-0.25, -0.2) is 4.39 Å². The molecule has 0 N–H and O–H groups in total. The highest BCUT2D eigenvalue weighted by molar-refractivity contribution is 7.96. The Morgan fingerprint density at radius 3 is 2.75 bits per heavy atom. The van der Waals surface area contributed by atoms with E-state index in [9.17, 15) is 9.18 Å². The van der Waals surface area contributed by atoms with Gasteiger partial charge in [-0.05, 0) is 24.6 Å². The number of carbonyl (C=O) groups is 1. The minimum Gasteiger partial charge on any atom is -0.491 e. The Bertz CT molecular complexity index is 384. The number of halogens is 1. The summed E-state index contributed by atoms with van der Waals surface area (Å²) in [5, 5.41) is -0.353. The van der Waals surface area contributed by atoms with Crippen LogP contribution in [0.4, 0.5) is 9.18 Å². The molecule has 0 spiro atoms. The van der Waals surface area contributed by atoms with E-state index >= 15 is 0 Å². The first kappa shape index (κ1) is 12.8. The maximum absolute atomic E-state index is 13.4. The topological polar surface area (TPSA) is 29.5 Å². The molecule has 0 aliphatic carbocycles. The van der Waals surface area contributed by atoms with Crippen molar-refractivity contribution in [2.24, 2.45) is 0 Å². The van der Waals surface area contributed by atoms with E-state index in [2.05, 4.69) is 12.6 Å². The molecule has 0 atom stereocenters. The molecule has 16 heavy (non-hydrogen) atoms. The molecule has 0 aliphatic heterocycles. The Hall–Kier alpha value is -1.23. The molecule has 0 aromatic heterocycles. The molecule has 88 valence electrons. The van der Waals surface area contributed by atoms with Crippen LogP contribution < -0.4 is 4.74 Å². The number of ether oxygens (including phenoxy) is 1. The minimum absolute atomic E-state index is 0.228. The molecule has 5 heteroatoms. The van der Waals surface area contributed by atoms with E-state index in [1.54, 1.807) is 26.1 Å². The Kier molecular flexibility index (Phi) is 4.61. The zero-order valence-corrected chi connectivity index (χ0v) is 10.1. The van der Waals surface area contributed by atoms with Crippen molar-refractivity contribution >= 4 is 17.9 Å². The van der Waals surface area contributed by atoms with Crippen molar-refractivity contribution < 1.29 is 13.9 Å². The van der Waals surface area contributed by atoms with Crippen LogP contribution in [-0.2, 0) is 6.54 Å². The van der Waals surface area contributed by atoms with Gasteiger partial charge in [-0.2, -0.15) is 0 Å². The van der Waals surface area contributed by atoms with Crippen LogP contribution in [0.25, 0.3) is 0 Å². The van der Waals surface area contributed by atoms with Crippen molar-refractivity contribution in [3.8, 4) is 5.75 Å². The molecule has 1 rings (SSSR count). The maximum Gasteiger partial charge on any atom is 0.278 e. The molecule has 0 unspecified atom stereocenters. The van der Waals surface area contributed by atoms with Crippen molar-refractivity contribution in [1.82, 2.24) is 4.90 Å². The van der Waals surface area contributed by atoms with Crippen LogP contribution >= 0.6 is 12.6 Å². The molecule has 1 amide bonds. The van der Waals surface area contributed by atoms with E-state index in [0.29, 0.717) is 18.7 Å². The van der Waals surface area contributed by atoms with Crippen molar-refractivity contribution in [2.45, 2.75) is 13.5 Å². The molecular formula is C11H14FNO2S. The van der Waals surface area contributed by atoms with Gasteiger partial charge in [0, 0.05) is 13.6 Å². The molecule has 1 aromatic carbocycles. The number of carbonyl (C=O) groups excluding carboxylic acids is 1. The molecule has 1 aromatic rings. The van der Waals surface area contributed by atoms with Gasteiger partial charge in [0.2, 0.25) is 0 Å². The fraction of sp³-hybridized carbons (Fsp3) is 0.364. The molecular weight excluding hydrogens is 229 g/mol. The first-order chi connectivity index (χ1) is 7.54. The van der Waals surface area contributed by atoms with Gasteiger partial charge in [-0.3, -0.25) is 4.79 Å². The van der Waals surface area contributed by atoms with Crippen molar-refractivity contribution in [1.29, 1.82) is 0 Å². The van der Waals surface area contributed by atoms with Crippen molar-refractivity contribution in [2.75, 3.05) is 13.7 Å². The normalized spacial score (nSPS) is 10.0. The Labute approximate surface area is 99.6 Å². The monoisotopic (exact) mass is 243 g/mol. The zero-order chi connectivity index (χ0) is 12.1. The van der Waals surface area contributed by atoms with E-state index in [-0.39, 0.29) is 11.0 Å². The molecule has 0 saturated heterocycles. The van der Waals surface area contributed by atoms with Crippen LogP contribution in [0.5, 0.6) is 5.75 Å². The molecule has 0 saturated carbocycles. The lowest BCUT2D eigenvalue weighted by Crippen LogP contribution is -2.20. The predicted molar refractivity (Wildman–Crippen MR) is 63.4 cm³/mol. The summed E-state index contributed by atoms with van der Waals surface area (Å²) in [7, 11) is 1.60. The fourth-order valence-electron chi connectivity index (χ4n) is 1.26. The molecule has 0 heterocycles. The maximum atomic E-state index is 13.4. The summed E-state index contributed by atoms with van der Waals surface area (Å²) in [6.07, 6.45) is 0. The summed E-state index contributed by atoms with van der Waals surface area (Å²) in [5.74, 6) is -0.189. The number of thiol groups is 1. The van der Waals surface area contributed by atoms with Gasteiger partial charge in [0.1, 0.15) is 0 Å². The van der Waals surface area contributed by atoms with Crippen LogP contribution in [0.3, 0.4) is 0 Å². The zero-order valence-electron chi connectivity index (χ0n) is 9.24. The van der Waals surface area contributed by atoms with Gasteiger partial charge < -0.3 is 9.64 Å². The highest BCUT2D eigenvalue weighted by Crippen LogP contribution is 2.19. The predicted octanol–water partition coefficient (Wildman–Crippen LogP) is 2.71. The summed E-state index contributed by atoms with van der Waals surface area (Å²) in [4.78, 5) is 12.3. The van der Waals surface area contributed by atoms with Gasteiger partial charge in [0.15, 0.2) is 11.6 Å². The lowest BCUT2D eigenvalue weighted by atomic mass is 10.2. The lowest BCUT2D eigenvalue weighted by Gasteiger charge is -2.14. The average molecular weight is 243 g/mol. The third-order valence-corrected chi connectivity index (χ3v) is 2.38. The first-order valence-corrected chi connectivity index (χ1v) is 5.34. The van der Waals surface area contributed by atoms with E-state index < -0.39 is 5.82 Å². The second kappa shape index (κ2) is 5.75. The number of hydrogen-bond acceptors (Lipinski definition) is 2. The summed E-state index contributed by atoms with van der Waals surface area (Å²) < 4.78 is 18.5. The van der Waals surface area contributed by atoms with Crippen molar-refractivity contribution in [3.63, 3.8) is 0 Å². The minimum atomic E-state index is -0.417. The summed E-state index contributed by atoms with van der Waals surface area (Å²) in [6.45, 7) is 2.54. The second-order valence-corrected chi connectivity index (χ2v) is 3.72. The van der Waals surface area contributed by atoms with E-state index in [4.69, 9.17) is 4.74 Å². The summed E-state index contributed by atoms with van der Waals surface area (Å²) >= 11 is 3.67. The number of rotatable bonds is 4. The largest absolute Gasteiger partial charge is 0.491 e. The van der Waals surface area contributed by atoms with Gasteiger partial charge >= 0.3 is 0 Å². The third-order valence-electron chi connectivity index (χ3n) is 2.04. The number of amides is 1. The summed E-state index contributed by atoms with van der Waals surface area (Å²) in [5.41, 5.74) is 0.700. The number of nitrogens with zero attached hydrogens (tertiary/aromatic N) is 1. The smallest absolute Gasteiger partial charge is 0.278 e. The molecule has 0 aliphatic rings. The average Bonchev–Trinajstić information content (AvgIpc) is 2.22. The highest BCUT2D eigenvalue weighted by Gasteiger charge is 2.08. The van der Waals surface area contributed by atoms with Gasteiger partial charge in [-0.15, -0.1) is 0 Å². The number of benzene rings is 1. The van der Waals surface area contributed by atoms with Gasteiger partial charge in [0.25, 0.3) is 5.24 Å². The molecule has 0 fully saturated rings.